The van der Waals surface area contributed by atoms with Gasteiger partial charge in [-0.15, -0.1) is 6.58 Å². The van der Waals surface area contributed by atoms with Gasteiger partial charge in [-0.05, 0) is 44.7 Å². The molecule has 1 aromatic carbocycles. The Bertz CT molecular complexity index is 603. The molecule has 0 aliphatic carbocycles. The standard InChI is InChI=1S/C20H24O3S/c1-4-13-20(16(2)21,17(3)22)14-9-8-12-19(23)24-15-18-10-6-5-7-11-18/h4-8,10-12H,1,9,13-15H2,2-3H3/b12-8+. The van der Waals surface area contributed by atoms with E-state index >= 15 is 0 Å². The van der Waals surface area contributed by atoms with Crippen molar-refractivity contribution < 1.29 is 14.4 Å². The van der Waals surface area contributed by atoms with E-state index in [0.717, 1.165) is 5.56 Å². The molecule has 0 atom stereocenters. The molecular weight excluding hydrogens is 320 g/mol. The van der Waals surface area contributed by atoms with Crippen LogP contribution in [0.15, 0.2) is 55.1 Å². The maximum atomic E-state index is 11.9. The summed E-state index contributed by atoms with van der Waals surface area (Å²) in [5.74, 6) is 0.340. The number of hydrogen-bond donors (Lipinski definition) is 0. The van der Waals surface area contributed by atoms with Gasteiger partial charge in [0, 0.05) is 5.75 Å². The first-order valence-corrected chi connectivity index (χ1v) is 8.91. The maximum Gasteiger partial charge on any atom is 0.212 e. The van der Waals surface area contributed by atoms with Crippen LogP contribution >= 0.6 is 11.8 Å². The minimum Gasteiger partial charge on any atom is -0.299 e. The third kappa shape index (κ3) is 5.93. The summed E-state index contributed by atoms with van der Waals surface area (Å²) in [6.45, 7) is 6.52. The van der Waals surface area contributed by atoms with E-state index in [9.17, 15) is 14.4 Å². The highest BCUT2D eigenvalue weighted by atomic mass is 32.2. The summed E-state index contributed by atoms with van der Waals surface area (Å²) >= 11 is 1.23. The van der Waals surface area contributed by atoms with Crippen molar-refractivity contribution in [2.75, 3.05) is 0 Å². The van der Waals surface area contributed by atoms with E-state index in [1.54, 1.807) is 12.2 Å². The Morgan fingerprint density at radius 1 is 1.12 bits per heavy atom. The van der Waals surface area contributed by atoms with Crippen molar-refractivity contribution in [3.05, 3.63) is 60.7 Å². The van der Waals surface area contributed by atoms with Crippen molar-refractivity contribution in [3.63, 3.8) is 0 Å². The summed E-state index contributed by atoms with van der Waals surface area (Å²) in [6, 6.07) is 9.79. The maximum absolute atomic E-state index is 11.9. The predicted octanol–water partition coefficient (Wildman–Crippen LogP) is 4.52. The number of thioether (sulfide) groups is 1. The fourth-order valence-corrected chi connectivity index (χ4v) is 3.22. The first kappa shape index (κ1) is 20.1. The van der Waals surface area contributed by atoms with Crippen molar-refractivity contribution in [3.8, 4) is 0 Å². The fraction of sp³-hybridized carbons (Fsp3) is 0.350. The van der Waals surface area contributed by atoms with Crippen LogP contribution < -0.4 is 0 Å². The van der Waals surface area contributed by atoms with Gasteiger partial charge in [0.2, 0.25) is 5.12 Å². The molecule has 24 heavy (non-hydrogen) atoms. The van der Waals surface area contributed by atoms with Gasteiger partial charge in [0.15, 0.2) is 0 Å². The molecule has 0 aliphatic heterocycles. The van der Waals surface area contributed by atoms with Crippen LogP contribution in [0.4, 0.5) is 0 Å². The Morgan fingerprint density at radius 3 is 2.29 bits per heavy atom. The Labute approximate surface area is 148 Å². The molecule has 3 nitrogen and oxygen atoms in total. The van der Waals surface area contributed by atoms with E-state index in [1.807, 2.05) is 30.3 Å². The van der Waals surface area contributed by atoms with Crippen LogP contribution in [0.5, 0.6) is 0 Å². The molecule has 0 radical (unpaired) electrons. The van der Waals surface area contributed by atoms with Gasteiger partial charge in [0.1, 0.15) is 11.6 Å². The van der Waals surface area contributed by atoms with E-state index in [-0.39, 0.29) is 16.7 Å². The Morgan fingerprint density at radius 2 is 1.75 bits per heavy atom. The topological polar surface area (TPSA) is 51.2 Å². The molecule has 1 aromatic rings. The Hall–Kier alpha value is -1.94. The number of benzene rings is 1. The second kappa shape index (κ2) is 10.0. The highest BCUT2D eigenvalue weighted by molar-refractivity contribution is 8.13. The summed E-state index contributed by atoms with van der Waals surface area (Å²) in [5, 5.41) is -0.0289. The third-order valence-electron chi connectivity index (χ3n) is 4.06. The van der Waals surface area contributed by atoms with E-state index in [1.165, 1.54) is 31.7 Å². The zero-order chi connectivity index (χ0) is 18.0. The lowest BCUT2D eigenvalue weighted by atomic mass is 9.73. The third-order valence-corrected chi connectivity index (χ3v) is 4.95. The smallest absolute Gasteiger partial charge is 0.212 e. The quantitative estimate of drug-likeness (QED) is 0.356. The van der Waals surface area contributed by atoms with Crippen LogP contribution in [0.25, 0.3) is 0 Å². The van der Waals surface area contributed by atoms with Gasteiger partial charge in [-0.25, -0.2) is 0 Å². The normalized spacial score (nSPS) is 11.4. The molecule has 0 fully saturated rings. The Balaban J connectivity index is 2.52. The van der Waals surface area contributed by atoms with Gasteiger partial charge in [-0.1, -0.05) is 54.2 Å². The first-order chi connectivity index (χ1) is 11.4. The molecule has 0 bridgehead atoms. The fourth-order valence-electron chi connectivity index (χ4n) is 2.52. The number of allylic oxidation sites excluding steroid dienone is 2. The lowest BCUT2D eigenvalue weighted by Gasteiger charge is -2.26. The van der Waals surface area contributed by atoms with Crippen LogP contribution in [-0.4, -0.2) is 16.7 Å². The van der Waals surface area contributed by atoms with Crippen molar-refractivity contribution in [2.45, 2.75) is 38.9 Å². The first-order valence-electron chi connectivity index (χ1n) is 7.92. The predicted molar refractivity (Wildman–Crippen MR) is 99.7 cm³/mol. The molecule has 0 saturated carbocycles. The average molecular weight is 344 g/mol. The van der Waals surface area contributed by atoms with Crippen LogP contribution in [-0.2, 0) is 20.1 Å². The minimum absolute atomic E-state index is 0.0289. The summed E-state index contributed by atoms with van der Waals surface area (Å²) in [5.41, 5.74) is 0.0918. The summed E-state index contributed by atoms with van der Waals surface area (Å²) in [4.78, 5) is 35.7. The summed E-state index contributed by atoms with van der Waals surface area (Å²) < 4.78 is 0. The summed E-state index contributed by atoms with van der Waals surface area (Å²) in [7, 11) is 0. The minimum atomic E-state index is -1.01. The summed E-state index contributed by atoms with van der Waals surface area (Å²) in [6.07, 6.45) is 6.10. The number of rotatable bonds is 10. The highest BCUT2D eigenvalue weighted by Crippen LogP contribution is 2.31. The second-order valence-corrected chi connectivity index (χ2v) is 6.70. The van der Waals surface area contributed by atoms with E-state index in [4.69, 9.17) is 0 Å². The zero-order valence-electron chi connectivity index (χ0n) is 14.3. The van der Waals surface area contributed by atoms with Gasteiger partial charge in [0.25, 0.3) is 0 Å². The number of ketones is 2. The van der Waals surface area contributed by atoms with Gasteiger partial charge in [-0.3, -0.25) is 14.4 Å². The van der Waals surface area contributed by atoms with Crippen molar-refractivity contribution in [2.24, 2.45) is 5.41 Å². The number of Topliss-reactive ketones (excluding diaryl/α,β-unsaturated/α-hetero) is 2. The largest absolute Gasteiger partial charge is 0.299 e. The van der Waals surface area contributed by atoms with Gasteiger partial charge in [0.05, 0.1) is 5.41 Å². The second-order valence-electron chi connectivity index (χ2n) is 5.72. The van der Waals surface area contributed by atoms with Gasteiger partial charge >= 0.3 is 0 Å². The molecular formula is C20H24O3S. The molecule has 0 spiro atoms. The Kier molecular flexibility index (Phi) is 8.41. The highest BCUT2D eigenvalue weighted by Gasteiger charge is 2.38. The molecule has 0 heterocycles. The molecule has 0 unspecified atom stereocenters. The van der Waals surface area contributed by atoms with E-state index < -0.39 is 5.41 Å². The van der Waals surface area contributed by atoms with Crippen LogP contribution in [0, 0.1) is 5.41 Å². The lowest BCUT2D eigenvalue weighted by molar-refractivity contribution is -0.138. The number of hydrogen-bond acceptors (Lipinski definition) is 4. The molecule has 0 saturated heterocycles. The molecule has 128 valence electrons. The van der Waals surface area contributed by atoms with Crippen molar-refractivity contribution in [1.82, 2.24) is 0 Å². The number of carbonyl (C=O) groups is 3. The van der Waals surface area contributed by atoms with Crippen LogP contribution in [0.2, 0.25) is 0 Å². The molecule has 0 aliphatic rings. The van der Waals surface area contributed by atoms with E-state index in [0.29, 0.717) is 25.0 Å². The monoisotopic (exact) mass is 344 g/mol. The van der Waals surface area contributed by atoms with Crippen LogP contribution in [0.1, 0.15) is 38.7 Å². The molecule has 0 amide bonds. The SMILES string of the molecule is C=CCC(CC/C=C/C(=O)SCc1ccccc1)(C(C)=O)C(C)=O. The lowest BCUT2D eigenvalue weighted by Crippen LogP contribution is -2.36. The van der Waals surface area contributed by atoms with Crippen LogP contribution in [0.3, 0.4) is 0 Å². The molecule has 0 N–H and O–H groups in total. The van der Waals surface area contributed by atoms with Crippen molar-refractivity contribution in [1.29, 1.82) is 0 Å². The number of carbonyl (C=O) groups excluding carboxylic acids is 3. The zero-order valence-corrected chi connectivity index (χ0v) is 15.1. The van der Waals surface area contributed by atoms with E-state index in [2.05, 4.69) is 6.58 Å². The van der Waals surface area contributed by atoms with Crippen molar-refractivity contribution >= 4 is 28.4 Å². The molecule has 1 rings (SSSR count). The molecule has 0 aromatic heterocycles. The average Bonchev–Trinajstić information content (AvgIpc) is 2.56. The van der Waals surface area contributed by atoms with Gasteiger partial charge in [-0.2, -0.15) is 0 Å². The van der Waals surface area contributed by atoms with Gasteiger partial charge < -0.3 is 0 Å². The molecule has 4 heteroatoms.